The third-order valence-electron chi connectivity index (χ3n) is 6.19. The SMILES string of the molecule is Cc1ccsc1CCNC(=O)C1CCN(S(=O)(=O)c2c(C)noc2/C=C/c2ccccc2F)CC1. The van der Waals surface area contributed by atoms with Crippen molar-refractivity contribution >= 4 is 39.4 Å². The highest BCUT2D eigenvalue weighted by Crippen LogP contribution is 2.29. The van der Waals surface area contributed by atoms with Gasteiger partial charge in [0.15, 0.2) is 10.7 Å². The van der Waals surface area contributed by atoms with Gasteiger partial charge in [0, 0.05) is 36.0 Å². The molecule has 1 fully saturated rings. The maximum atomic E-state index is 13.9. The van der Waals surface area contributed by atoms with E-state index in [0.717, 1.165) is 6.42 Å². The van der Waals surface area contributed by atoms with Gasteiger partial charge >= 0.3 is 0 Å². The van der Waals surface area contributed by atoms with E-state index in [1.165, 1.54) is 33.0 Å². The number of halogens is 1. The number of sulfonamides is 1. The molecule has 0 unspecified atom stereocenters. The zero-order valence-electron chi connectivity index (χ0n) is 19.7. The third kappa shape index (κ3) is 5.71. The molecule has 0 saturated carbocycles. The molecule has 1 aliphatic rings. The molecule has 186 valence electrons. The Bertz CT molecular complexity index is 1320. The summed E-state index contributed by atoms with van der Waals surface area (Å²) in [7, 11) is -3.89. The highest BCUT2D eigenvalue weighted by molar-refractivity contribution is 7.89. The summed E-state index contributed by atoms with van der Waals surface area (Å²) in [6, 6.07) is 8.24. The van der Waals surface area contributed by atoms with Crippen molar-refractivity contribution in [2.75, 3.05) is 19.6 Å². The molecule has 0 spiro atoms. The molecular weight excluding hydrogens is 489 g/mol. The molecule has 35 heavy (non-hydrogen) atoms. The number of rotatable bonds is 8. The van der Waals surface area contributed by atoms with Crippen LogP contribution in [0.2, 0.25) is 0 Å². The van der Waals surface area contributed by atoms with Gasteiger partial charge in [-0.2, -0.15) is 4.31 Å². The van der Waals surface area contributed by atoms with E-state index < -0.39 is 15.8 Å². The molecule has 0 aliphatic carbocycles. The summed E-state index contributed by atoms with van der Waals surface area (Å²) >= 11 is 1.68. The highest BCUT2D eigenvalue weighted by atomic mass is 32.2. The lowest BCUT2D eigenvalue weighted by molar-refractivity contribution is -0.126. The van der Waals surface area contributed by atoms with Crippen LogP contribution >= 0.6 is 11.3 Å². The van der Waals surface area contributed by atoms with Crippen LogP contribution < -0.4 is 5.32 Å². The summed E-state index contributed by atoms with van der Waals surface area (Å²) < 4.78 is 47.3. The van der Waals surface area contributed by atoms with Gasteiger partial charge in [-0.1, -0.05) is 23.4 Å². The number of hydrogen-bond acceptors (Lipinski definition) is 6. The first kappa shape index (κ1) is 25.3. The van der Waals surface area contributed by atoms with Gasteiger partial charge in [0.1, 0.15) is 11.5 Å². The maximum Gasteiger partial charge on any atom is 0.248 e. The van der Waals surface area contributed by atoms with E-state index in [0.29, 0.717) is 24.9 Å². The standard InChI is InChI=1S/C25H28FN3O4S2/c1-17-12-16-34-23(17)9-13-27-25(30)20-10-14-29(15-11-20)35(31,32)24-18(2)28-33-22(24)8-7-19-5-3-4-6-21(19)26/h3-8,12,16,20H,9-11,13-15H2,1-2H3,(H,27,30)/b8-7+. The van der Waals surface area contributed by atoms with Crippen molar-refractivity contribution < 1.29 is 22.1 Å². The quantitative estimate of drug-likeness (QED) is 0.478. The van der Waals surface area contributed by atoms with Gasteiger partial charge in [0.05, 0.1) is 0 Å². The van der Waals surface area contributed by atoms with E-state index in [1.54, 1.807) is 36.5 Å². The zero-order valence-corrected chi connectivity index (χ0v) is 21.3. The van der Waals surface area contributed by atoms with Gasteiger partial charge in [0.25, 0.3) is 0 Å². The third-order valence-corrected chi connectivity index (χ3v) is 9.34. The second-order valence-corrected chi connectivity index (χ2v) is 11.4. The Morgan fingerprint density at radius 1 is 1.23 bits per heavy atom. The summed E-state index contributed by atoms with van der Waals surface area (Å²) in [5, 5.41) is 8.86. The molecule has 10 heteroatoms. The lowest BCUT2D eigenvalue weighted by Gasteiger charge is -2.30. The van der Waals surface area contributed by atoms with Crippen molar-refractivity contribution in [3.63, 3.8) is 0 Å². The van der Waals surface area contributed by atoms with Crippen LogP contribution in [0.3, 0.4) is 0 Å². The molecule has 3 aromatic rings. The number of thiophene rings is 1. The first-order valence-corrected chi connectivity index (χ1v) is 13.8. The Morgan fingerprint density at radius 3 is 2.66 bits per heavy atom. The first-order chi connectivity index (χ1) is 16.8. The molecular formula is C25H28FN3O4S2. The Balaban J connectivity index is 1.38. The molecule has 3 heterocycles. The van der Waals surface area contributed by atoms with Crippen molar-refractivity contribution in [3.8, 4) is 0 Å². The Morgan fingerprint density at radius 2 is 1.97 bits per heavy atom. The maximum absolute atomic E-state index is 13.9. The predicted octanol–water partition coefficient (Wildman–Crippen LogP) is 4.42. The molecule has 0 bridgehead atoms. The molecule has 1 amide bonds. The van der Waals surface area contributed by atoms with Crippen LogP contribution in [0.5, 0.6) is 0 Å². The minimum atomic E-state index is -3.89. The number of nitrogens with one attached hydrogen (secondary N) is 1. The van der Waals surface area contributed by atoms with E-state index in [-0.39, 0.29) is 41.3 Å². The van der Waals surface area contributed by atoms with Crippen LogP contribution in [0.1, 0.15) is 40.3 Å². The number of piperidine rings is 1. The molecule has 4 rings (SSSR count). The van der Waals surface area contributed by atoms with E-state index in [4.69, 9.17) is 4.52 Å². The van der Waals surface area contributed by atoms with E-state index >= 15 is 0 Å². The number of carbonyl (C=O) groups excluding carboxylic acids is 1. The topological polar surface area (TPSA) is 92.5 Å². The number of carbonyl (C=O) groups is 1. The number of aryl methyl sites for hydroxylation is 2. The average molecular weight is 518 g/mol. The van der Waals surface area contributed by atoms with Crippen LogP contribution in [0.25, 0.3) is 12.2 Å². The van der Waals surface area contributed by atoms with Crippen molar-refractivity contribution in [3.05, 3.63) is 69.0 Å². The fourth-order valence-corrected chi connectivity index (χ4v) is 6.80. The van der Waals surface area contributed by atoms with E-state index in [9.17, 15) is 17.6 Å². The van der Waals surface area contributed by atoms with Crippen LogP contribution in [-0.2, 0) is 21.2 Å². The Labute approximate surface area is 208 Å². The minimum absolute atomic E-state index is 0.0284. The molecule has 1 aromatic carbocycles. The van der Waals surface area contributed by atoms with Gasteiger partial charge in [-0.3, -0.25) is 4.79 Å². The fraction of sp³-hybridized carbons (Fsp3) is 0.360. The molecule has 0 radical (unpaired) electrons. The van der Waals surface area contributed by atoms with Crippen molar-refractivity contribution in [2.24, 2.45) is 5.92 Å². The van der Waals surface area contributed by atoms with Gasteiger partial charge in [-0.25, -0.2) is 12.8 Å². The minimum Gasteiger partial charge on any atom is -0.355 e. The second kappa shape index (κ2) is 10.8. The van der Waals surface area contributed by atoms with Crippen LogP contribution in [-0.4, -0.2) is 43.4 Å². The lowest BCUT2D eigenvalue weighted by atomic mass is 9.97. The van der Waals surface area contributed by atoms with E-state index in [1.807, 2.05) is 5.38 Å². The zero-order chi connectivity index (χ0) is 25.0. The molecule has 0 atom stereocenters. The summed E-state index contributed by atoms with van der Waals surface area (Å²) in [6.07, 6.45) is 4.55. The normalized spacial score (nSPS) is 15.6. The Hall–Kier alpha value is -2.82. The number of amides is 1. The summed E-state index contributed by atoms with van der Waals surface area (Å²) in [5.74, 6) is -0.634. The monoisotopic (exact) mass is 517 g/mol. The fourth-order valence-electron chi connectivity index (χ4n) is 4.17. The first-order valence-electron chi connectivity index (χ1n) is 11.5. The number of aromatic nitrogens is 1. The van der Waals surface area contributed by atoms with Crippen molar-refractivity contribution in [2.45, 2.75) is 38.0 Å². The summed E-state index contributed by atoms with van der Waals surface area (Å²) in [6.45, 7) is 4.64. The van der Waals surface area contributed by atoms with Gasteiger partial charge in [-0.15, -0.1) is 11.3 Å². The molecule has 7 nitrogen and oxygen atoms in total. The van der Waals surface area contributed by atoms with E-state index in [2.05, 4.69) is 23.5 Å². The molecule has 2 aromatic heterocycles. The average Bonchev–Trinajstić information content (AvgIpc) is 3.43. The number of benzene rings is 1. The van der Waals surface area contributed by atoms with Gasteiger partial charge in [0.2, 0.25) is 15.9 Å². The molecule has 1 N–H and O–H groups in total. The molecule has 1 saturated heterocycles. The van der Waals surface area contributed by atoms with Crippen LogP contribution in [0.4, 0.5) is 4.39 Å². The van der Waals surface area contributed by atoms with Crippen LogP contribution in [0.15, 0.2) is 45.1 Å². The predicted molar refractivity (Wildman–Crippen MR) is 134 cm³/mol. The van der Waals surface area contributed by atoms with Gasteiger partial charge in [-0.05, 0) is 68.3 Å². The van der Waals surface area contributed by atoms with Crippen molar-refractivity contribution in [1.29, 1.82) is 0 Å². The smallest absolute Gasteiger partial charge is 0.248 e. The largest absolute Gasteiger partial charge is 0.355 e. The van der Waals surface area contributed by atoms with Crippen LogP contribution in [0, 0.1) is 25.6 Å². The number of nitrogens with zero attached hydrogens (tertiary/aromatic N) is 2. The van der Waals surface area contributed by atoms with Crippen molar-refractivity contribution in [1.82, 2.24) is 14.8 Å². The lowest BCUT2D eigenvalue weighted by Crippen LogP contribution is -2.43. The number of hydrogen-bond donors (Lipinski definition) is 1. The highest BCUT2D eigenvalue weighted by Gasteiger charge is 2.35. The van der Waals surface area contributed by atoms with Gasteiger partial charge < -0.3 is 9.84 Å². The summed E-state index contributed by atoms with van der Waals surface area (Å²) in [4.78, 5) is 13.8. The second-order valence-electron chi connectivity index (χ2n) is 8.56. The summed E-state index contributed by atoms with van der Waals surface area (Å²) in [5.41, 5.74) is 1.78. The molecule has 1 aliphatic heterocycles. The Kier molecular flexibility index (Phi) is 7.83.